The molecule has 0 unspecified atom stereocenters. The van der Waals surface area contributed by atoms with Gasteiger partial charge in [0.2, 0.25) is 0 Å². The molecular formula is C12H15ClN4. The van der Waals surface area contributed by atoms with Crippen molar-refractivity contribution in [2.24, 2.45) is 7.05 Å². The van der Waals surface area contributed by atoms with Gasteiger partial charge in [0.1, 0.15) is 17.3 Å². The molecule has 0 atom stereocenters. The number of rotatable bonds is 2. The van der Waals surface area contributed by atoms with Gasteiger partial charge in [0, 0.05) is 19.2 Å². The summed E-state index contributed by atoms with van der Waals surface area (Å²) < 4.78 is 2.03. The fourth-order valence-corrected chi connectivity index (χ4v) is 2.00. The fourth-order valence-electron chi connectivity index (χ4n) is 1.82. The molecule has 2 heterocycles. The summed E-state index contributed by atoms with van der Waals surface area (Å²) >= 11 is 6.13. The van der Waals surface area contributed by atoms with Crippen LogP contribution in [-0.2, 0) is 7.05 Å². The summed E-state index contributed by atoms with van der Waals surface area (Å²) in [7, 11) is 1.98. The number of aromatic nitrogens is 4. The Morgan fingerprint density at radius 3 is 2.53 bits per heavy atom. The van der Waals surface area contributed by atoms with Crippen LogP contribution in [0, 0.1) is 6.92 Å². The van der Waals surface area contributed by atoms with Gasteiger partial charge < -0.3 is 4.57 Å². The van der Waals surface area contributed by atoms with E-state index in [0.717, 1.165) is 17.2 Å². The van der Waals surface area contributed by atoms with Gasteiger partial charge in [-0.05, 0) is 6.92 Å². The van der Waals surface area contributed by atoms with Gasteiger partial charge in [0.15, 0.2) is 0 Å². The third-order valence-electron chi connectivity index (χ3n) is 2.65. The maximum Gasteiger partial charge on any atom is 0.126 e. The van der Waals surface area contributed by atoms with Gasteiger partial charge in [-0.25, -0.2) is 15.0 Å². The van der Waals surface area contributed by atoms with Crippen LogP contribution in [0.25, 0.3) is 11.4 Å². The molecule has 2 aromatic rings. The van der Waals surface area contributed by atoms with Crippen LogP contribution in [0.3, 0.4) is 0 Å². The molecule has 2 aromatic heterocycles. The molecule has 0 saturated carbocycles. The average Bonchev–Trinajstić information content (AvgIpc) is 2.64. The zero-order valence-corrected chi connectivity index (χ0v) is 11.2. The summed E-state index contributed by atoms with van der Waals surface area (Å²) in [6, 6.07) is 0. The SMILES string of the molecule is Cc1ncc(Cl)c(-c2cnc(C(C)C)n2C)n1. The smallest absolute Gasteiger partial charge is 0.126 e. The molecule has 0 radical (unpaired) electrons. The first-order chi connectivity index (χ1) is 8.00. The highest BCUT2D eigenvalue weighted by atomic mass is 35.5. The molecule has 0 spiro atoms. The standard InChI is InChI=1S/C12H15ClN4/c1-7(2)12-15-6-10(17(12)4)11-9(13)5-14-8(3)16-11/h5-7H,1-4H3. The Labute approximate surface area is 106 Å². The van der Waals surface area contributed by atoms with E-state index in [0.29, 0.717) is 16.8 Å². The number of imidazole rings is 1. The molecule has 5 heteroatoms. The van der Waals surface area contributed by atoms with Gasteiger partial charge in [-0.15, -0.1) is 0 Å². The van der Waals surface area contributed by atoms with E-state index in [9.17, 15) is 0 Å². The lowest BCUT2D eigenvalue weighted by atomic mass is 10.2. The molecule has 0 aliphatic heterocycles. The molecule has 90 valence electrons. The summed E-state index contributed by atoms with van der Waals surface area (Å²) in [5, 5.41) is 0.550. The zero-order valence-electron chi connectivity index (χ0n) is 10.4. The molecule has 0 N–H and O–H groups in total. The van der Waals surface area contributed by atoms with Crippen LogP contribution in [0.15, 0.2) is 12.4 Å². The monoisotopic (exact) mass is 250 g/mol. The van der Waals surface area contributed by atoms with Crippen molar-refractivity contribution in [3.8, 4) is 11.4 Å². The second-order valence-corrected chi connectivity index (χ2v) is 4.74. The van der Waals surface area contributed by atoms with Crippen LogP contribution in [0.1, 0.15) is 31.4 Å². The Bertz CT molecular complexity index is 545. The van der Waals surface area contributed by atoms with E-state index >= 15 is 0 Å². The molecule has 0 aliphatic carbocycles. The summed E-state index contributed by atoms with van der Waals surface area (Å²) in [6.45, 7) is 6.07. The van der Waals surface area contributed by atoms with Gasteiger partial charge in [-0.2, -0.15) is 0 Å². The van der Waals surface area contributed by atoms with Crippen LogP contribution >= 0.6 is 11.6 Å². The fraction of sp³-hybridized carbons (Fsp3) is 0.417. The van der Waals surface area contributed by atoms with Crippen molar-refractivity contribution in [1.82, 2.24) is 19.5 Å². The summed E-state index contributed by atoms with van der Waals surface area (Å²) in [5.74, 6) is 2.10. The third kappa shape index (κ3) is 2.17. The highest BCUT2D eigenvalue weighted by Crippen LogP contribution is 2.27. The molecule has 0 aliphatic rings. The highest BCUT2D eigenvalue weighted by molar-refractivity contribution is 6.32. The minimum absolute atomic E-state index is 0.371. The Hall–Kier alpha value is -1.42. The predicted molar refractivity (Wildman–Crippen MR) is 68.1 cm³/mol. The van der Waals surface area contributed by atoms with Gasteiger partial charge in [-0.1, -0.05) is 25.4 Å². The quantitative estimate of drug-likeness (QED) is 0.823. The van der Waals surface area contributed by atoms with E-state index in [1.165, 1.54) is 0 Å². The van der Waals surface area contributed by atoms with E-state index in [4.69, 9.17) is 11.6 Å². The van der Waals surface area contributed by atoms with Gasteiger partial charge in [0.05, 0.1) is 16.9 Å². The maximum atomic E-state index is 6.13. The number of aryl methyl sites for hydroxylation is 1. The van der Waals surface area contributed by atoms with E-state index < -0.39 is 0 Å². The van der Waals surface area contributed by atoms with Crippen LogP contribution in [0.4, 0.5) is 0 Å². The molecular weight excluding hydrogens is 236 g/mol. The van der Waals surface area contributed by atoms with Gasteiger partial charge in [-0.3, -0.25) is 0 Å². The molecule has 0 amide bonds. The minimum Gasteiger partial charge on any atom is -0.330 e. The molecule has 2 rings (SSSR count). The minimum atomic E-state index is 0.371. The Kier molecular flexibility index (Phi) is 3.15. The third-order valence-corrected chi connectivity index (χ3v) is 2.92. The number of hydrogen-bond acceptors (Lipinski definition) is 3. The van der Waals surface area contributed by atoms with Crippen LogP contribution in [0.5, 0.6) is 0 Å². The van der Waals surface area contributed by atoms with Crippen molar-refractivity contribution in [3.05, 3.63) is 29.1 Å². The Morgan fingerprint density at radius 1 is 1.24 bits per heavy atom. The van der Waals surface area contributed by atoms with Crippen molar-refractivity contribution in [1.29, 1.82) is 0 Å². The van der Waals surface area contributed by atoms with Crippen molar-refractivity contribution < 1.29 is 0 Å². The molecule has 0 aromatic carbocycles. The van der Waals surface area contributed by atoms with Crippen LogP contribution < -0.4 is 0 Å². The van der Waals surface area contributed by atoms with Crippen LogP contribution in [0.2, 0.25) is 5.02 Å². The Morgan fingerprint density at radius 2 is 1.94 bits per heavy atom. The van der Waals surface area contributed by atoms with Crippen molar-refractivity contribution in [3.63, 3.8) is 0 Å². The molecule has 0 saturated heterocycles. The second kappa shape index (κ2) is 4.45. The van der Waals surface area contributed by atoms with E-state index in [1.54, 1.807) is 6.20 Å². The van der Waals surface area contributed by atoms with Crippen molar-refractivity contribution >= 4 is 11.6 Å². The van der Waals surface area contributed by atoms with Crippen LogP contribution in [-0.4, -0.2) is 19.5 Å². The molecule has 4 nitrogen and oxygen atoms in total. The molecule has 0 fully saturated rings. The van der Waals surface area contributed by atoms with Crippen molar-refractivity contribution in [2.45, 2.75) is 26.7 Å². The maximum absolute atomic E-state index is 6.13. The molecule has 17 heavy (non-hydrogen) atoms. The number of nitrogens with zero attached hydrogens (tertiary/aromatic N) is 4. The zero-order chi connectivity index (χ0) is 12.6. The number of hydrogen-bond donors (Lipinski definition) is 0. The average molecular weight is 251 g/mol. The lowest BCUT2D eigenvalue weighted by Gasteiger charge is -2.09. The van der Waals surface area contributed by atoms with E-state index in [-0.39, 0.29) is 0 Å². The summed E-state index contributed by atoms with van der Waals surface area (Å²) in [6.07, 6.45) is 3.43. The lowest BCUT2D eigenvalue weighted by Crippen LogP contribution is -2.03. The molecule has 0 bridgehead atoms. The van der Waals surface area contributed by atoms with E-state index in [2.05, 4.69) is 28.8 Å². The van der Waals surface area contributed by atoms with E-state index in [1.807, 2.05) is 24.7 Å². The largest absolute Gasteiger partial charge is 0.330 e. The highest BCUT2D eigenvalue weighted by Gasteiger charge is 2.15. The number of halogens is 1. The normalized spacial score (nSPS) is 11.2. The van der Waals surface area contributed by atoms with Gasteiger partial charge >= 0.3 is 0 Å². The van der Waals surface area contributed by atoms with Gasteiger partial charge in [0.25, 0.3) is 0 Å². The lowest BCUT2D eigenvalue weighted by molar-refractivity contribution is 0.713. The first-order valence-electron chi connectivity index (χ1n) is 5.51. The predicted octanol–water partition coefficient (Wildman–Crippen LogP) is 2.96. The first kappa shape index (κ1) is 12.0. The Balaban J connectivity index is 2.57. The summed E-state index contributed by atoms with van der Waals surface area (Å²) in [4.78, 5) is 12.8. The second-order valence-electron chi connectivity index (χ2n) is 4.33. The first-order valence-corrected chi connectivity index (χ1v) is 5.89. The topological polar surface area (TPSA) is 43.6 Å². The summed E-state index contributed by atoms with van der Waals surface area (Å²) in [5.41, 5.74) is 1.66. The van der Waals surface area contributed by atoms with Crippen molar-refractivity contribution in [2.75, 3.05) is 0 Å².